The summed E-state index contributed by atoms with van der Waals surface area (Å²) in [5, 5.41) is 10.4. The molecule has 0 aromatic carbocycles. The van der Waals surface area contributed by atoms with Crippen LogP contribution in [0.5, 0.6) is 0 Å². The van der Waals surface area contributed by atoms with Gasteiger partial charge in [-0.3, -0.25) is 4.79 Å². The third-order valence-electron chi connectivity index (χ3n) is 2.70. The summed E-state index contributed by atoms with van der Waals surface area (Å²) in [4.78, 5) is 14.0. The van der Waals surface area contributed by atoms with Crippen molar-refractivity contribution in [1.29, 1.82) is 0 Å². The molecule has 1 amide bonds. The number of amides is 1. The van der Waals surface area contributed by atoms with Crippen LogP contribution in [0.3, 0.4) is 0 Å². The van der Waals surface area contributed by atoms with Crippen LogP contribution in [0.25, 0.3) is 0 Å². The lowest BCUT2D eigenvalue weighted by Gasteiger charge is -2.17. The molecule has 0 aliphatic heterocycles. The standard InChI is InChI=1S/C12H19ClN4O/c1-3-17(4-2)9-5-8-14-12(18)10-6-7-11(13)16-15-10/h6-7H,3-5,8-9H2,1-2H3,(H,14,18). The number of halogens is 1. The van der Waals surface area contributed by atoms with Crippen molar-refractivity contribution < 1.29 is 4.79 Å². The van der Waals surface area contributed by atoms with E-state index in [-0.39, 0.29) is 11.1 Å². The number of nitrogens with one attached hydrogen (secondary N) is 1. The fourth-order valence-electron chi connectivity index (χ4n) is 1.57. The van der Waals surface area contributed by atoms with Gasteiger partial charge in [-0.25, -0.2) is 0 Å². The summed E-state index contributed by atoms with van der Waals surface area (Å²) in [7, 11) is 0. The number of hydrogen-bond donors (Lipinski definition) is 1. The maximum Gasteiger partial charge on any atom is 0.271 e. The molecule has 0 aliphatic rings. The molecule has 1 aromatic heterocycles. The van der Waals surface area contributed by atoms with Crippen LogP contribution in [-0.4, -0.2) is 47.2 Å². The molecule has 0 fully saturated rings. The molecule has 0 aliphatic carbocycles. The minimum absolute atomic E-state index is 0.210. The Morgan fingerprint density at radius 2 is 2.06 bits per heavy atom. The van der Waals surface area contributed by atoms with E-state index < -0.39 is 0 Å². The lowest BCUT2D eigenvalue weighted by molar-refractivity contribution is 0.0946. The third-order valence-corrected chi connectivity index (χ3v) is 2.90. The first kappa shape index (κ1) is 14.9. The van der Waals surface area contributed by atoms with Gasteiger partial charge in [0.2, 0.25) is 0 Å². The molecule has 1 N–H and O–H groups in total. The first-order valence-corrected chi connectivity index (χ1v) is 6.55. The van der Waals surface area contributed by atoms with Gasteiger partial charge in [0.25, 0.3) is 5.91 Å². The summed E-state index contributed by atoms with van der Waals surface area (Å²) in [5.74, 6) is -0.210. The van der Waals surface area contributed by atoms with Gasteiger partial charge in [0.05, 0.1) is 0 Å². The second kappa shape index (κ2) is 8.00. The van der Waals surface area contributed by atoms with Crippen LogP contribution in [0.2, 0.25) is 5.15 Å². The minimum atomic E-state index is -0.210. The number of aromatic nitrogens is 2. The van der Waals surface area contributed by atoms with Crippen molar-refractivity contribution >= 4 is 17.5 Å². The van der Waals surface area contributed by atoms with Gasteiger partial charge in [0.1, 0.15) is 0 Å². The van der Waals surface area contributed by atoms with E-state index in [9.17, 15) is 4.79 Å². The average Bonchev–Trinajstić information content (AvgIpc) is 2.39. The van der Waals surface area contributed by atoms with Gasteiger partial charge in [-0.1, -0.05) is 25.4 Å². The van der Waals surface area contributed by atoms with Crippen LogP contribution in [0.4, 0.5) is 0 Å². The van der Waals surface area contributed by atoms with E-state index >= 15 is 0 Å². The highest BCUT2D eigenvalue weighted by atomic mass is 35.5. The summed E-state index contributed by atoms with van der Waals surface area (Å²) in [5.41, 5.74) is 0.294. The lowest BCUT2D eigenvalue weighted by atomic mass is 10.3. The van der Waals surface area contributed by atoms with E-state index in [4.69, 9.17) is 11.6 Å². The number of hydrogen-bond acceptors (Lipinski definition) is 4. The molecule has 0 atom stereocenters. The molecule has 0 radical (unpaired) electrons. The Labute approximate surface area is 113 Å². The van der Waals surface area contributed by atoms with E-state index in [2.05, 4.69) is 34.3 Å². The Kier molecular flexibility index (Phi) is 6.60. The highest BCUT2D eigenvalue weighted by Gasteiger charge is 2.07. The Morgan fingerprint density at radius 3 is 2.61 bits per heavy atom. The van der Waals surface area contributed by atoms with Gasteiger partial charge in [-0.2, -0.15) is 0 Å². The predicted octanol–water partition coefficient (Wildman–Crippen LogP) is 1.59. The van der Waals surface area contributed by atoms with Crippen LogP contribution in [-0.2, 0) is 0 Å². The molecule has 0 saturated heterocycles. The van der Waals surface area contributed by atoms with Crippen molar-refractivity contribution in [2.45, 2.75) is 20.3 Å². The van der Waals surface area contributed by atoms with Crippen LogP contribution >= 0.6 is 11.6 Å². The Morgan fingerprint density at radius 1 is 1.33 bits per heavy atom. The average molecular weight is 271 g/mol. The van der Waals surface area contributed by atoms with Crippen molar-refractivity contribution in [3.63, 3.8) is 0 Å². The second-order valence-corrected chi connectivity index (χ2v) is 4.26. The molecule has 18 heavy (non-hydrogen) atoms. The van der Waals surface area contributed by atoms with Crippen molar-refractivity contribution in [2.75, 3.05) is 26.2 Å². The van der Waals surface area contributed by atoms with E-state index in [0.717, 1.165) is 26.1 Å². The van der Waals surface area contributed by atoms with Crippen molar-refractivity contribution in [3.05, 3.63) is 23.0 Å². The SMILES string of the molecule is CCN(CC)CCCNC(=O)c1ccc(Cl)nn1. The molecular formula is C12H19ClN4O. The van der Waals surface area contributed by atoms with Gasteiger partial charge in [-0.15, -0.1) is 10.2 Å². The van der Waals surface area contributed by atoms with E-state index in [0.29, 0.717) is 12.2 Å². The second-order valence-electron chi connectivity index (χ2n) is 3.88. The van der Waals surface area contributed by atoms with E-state index in [1.54, 1.807) is 12.1 Å². The van der Waals surface area contributed by atoms with Crippen LogP contribution in [0.1, 0.15) is 30.8 Å². The number of carbonyl (C=O) groups is 1. The maximum absolute atomic E-state index is 11.7. The molecule has 100 valence electrons. The monoisotopic (exact) mass is 270 g/mol. The Bertz CT molecular complexity index is 365. The number of carbonyl (C=O) groups excluding carboxylic acids is 1. The zero-order chi connectivity index (χ0) is 13.4. The van der Waals surface area contributed by atoms with Gasteiger partial charge >= 0.3 is 0 Å². The molecular weight excluding hydrogens is 252 g/mol. The van der Waals surface area contributed by atoms with Gasteiger partial charge in [0.15, 0.2) is 10.8 Å². The third kappa shape index (κ3) is 4.98. The molecule has 0 bridgehead atoms. The van der Waals surface area contributed by atoms with Gasteiger partial charge in [-0.05, 0) is 38.2 Å². The minimum Gasteiger partial charge on any atom is -0.351 e. The number of rotatable bonds is 7. The normalized spacial score (nSPS) is 10.7. The summed E-state index contributed by atoms with van der Waals surface area (Å²) in [6.45, 7) is 7.95. The summed E-state index contributed by atoms with van der Waals surface area (Å²) < 4.78 is 0. The Hall–Kier alpha value is -1.20. The van der Waals surface area contributed by atoms with E-state index in [1.165, 1.54) is 0 Å². The maximum atomic E-state index is 11.7. The molecule has 6 heteroatoms. The molecule has 1 heterocycles. The molecule has 0 saturated carbocycles. The first-order valence-electron chi connectivity index (χ1n) is 6.17. The smallest absolute Gasteiger partial charge is 0.271 e. The van der Waals surface area contributed by atoms with Gasteiger partial charge < -0.3 is 10.2 Å². The fraction of sp³-hybridized carbons (Fsp3) is 0.583. The number of nitrogens with zero attached hydrogens (tertiary/aromatic N) is 3. The van der Waals surface area contributed by atoms with Gasteiger partial charge in [0, 0.05) is 6.54 Å². The lowest BCUT2D eigenvalue weighted by Crippen LogP contribution is -2.30. The summed E-state index contributed by atoms with van der Waals surface area (Å²) >= 11 is 5.60. The topological polar surface area (TPSA) is 58.1 Å². The largest absolute Gasteiger partial charge is 0.351 e. The first-order chi connectivity index (χ1) is 8.67. The molecule has 0 spiro atoms. The Balaban J connectivity index is 2.27. The molecule has 1 rings (SSSR count). The molecule has 1 aromatic rings. The van der Waals surface area contributed by atoms with Crippen LogP contribution < -0.4 is 5.32 Å². The summed E-state index contributed by atoms with van der Waals surface area (Å²) in [6, 6.07) is 3.12. The van der Waals surface area contributed by atoms with E-state index in [1.807, 2.05) is 0 Å². The highest BCUT2D eigenvalue weighted by Crippen LogP contribution is 2.01. The molecule has 0 unspecified atom stereocenters. The quantitative estimate of drug-likeness (QED) is 0.765. The van der Waals surface area contributed by atoms with Crippen molar-refractivity contribution in [1.82, 2.24) is 20.4 Å². The molecule has 5 nitrogen and oxygen atoms in total. The fourth-order valence-corrected chi connectivity index (χ4v) is 1.67. The van der Waals surface area contributed by atoms with Crippen LogP contribution in [0, 0.1) is 0 Å². The zero-order valence-corrected chi connectivity index (χ0v) is 11.6. The van der Waals surface area contributed by atoms with Crippen LogP contribution in [0.15, 0.2) is 12.1 Å². The zero-order valence-electron chi connectivity index (χ0n) is 10.8. The highest BCUT2D eigenvalue weighted by molar-refractivity contribution is 6.29. The summed E-state index contributed by atoms with van der Waals surface area (Å²) in [6.07, 6.45) is 0.925. The van der Waals surface area contributed by atoms with Crippen molar-refractivity contribution in [3.8, 4) is 0 Å². The predicted molar refractivity (Wildman–Crippen MR) is 71.8 cm³/mol. The van der Waals surface area contributed by atoms with Crippen molar-refractivity contribution in [2.24, 2.45) is 0 Å².